The lowest BCUT2D eigenvalue weighted by Gasteiger charge is -2.11. The Labute approximate surface area is 165 Å². The number of hydrogen-bond donors (Lipinski definition) is 1. The number of rotatable bonds is 5. The van der Waals surface area contributed by atoms with E-state index in [0.717, 1.165) is 23.1 Å². The van der Waals surface area contributed by atoms with Gasteiger partial charge in [0.2, 0.25) is 0 Å². The second-order valence-electron chi connectivity index (χ2n) is 6.67. The average Bonchev–Trinajstić information content (AvgIpc) is 3.17. The number of nitro benzene ring substituents is 1. The molecular formula is C20H17ClN4O3. The van der Waals surface area contributed by atoms with Gasteiger partial charge in [-0.15, -0.1) is 0 Å². The number of fused-ring (bicyclic) bond motifs is 1. The molecule has 4 rings (SSSR count). The van der Waals surface area contributed by atoms with E-state index in [1.807, 2.05) is 0 Å². The fraction of sp³-hybridized carbons (Fsp3) is 0.200. The molecular weight excluding hydrogens is 380 g/mol. The van der Waals surface area contributed by atoms with Crippen LogP contribution >= 0.6 is 11.6 Å². The molecule has 7 nitrogen and oxygen atoms in total. The summed E-state index contributed by atoms with van der Waals surface area (Å²) in [7, 11) is 0. The molecule has 0 saturated heterocycles. The third-order valence-electron chi connectivity index (χ3n) is 4.87. The fourth-order valence-electron chi connectivity index (χ4n) is 3.39. The molecule has 0 amide bonds. The maximum absolute atomic E-state index is 12.6. The van der Waals surface area contributed by atoms with Crippen molar-refractivity contribution in [2.24, 2.45) is 0 Å². The number of aryl methyl sites for hydroxylation is 2. The molecule has 0 atom stereocenters. The van der Waals surface area contributed by atoms with Gasteiger partial charge in [0, 0.05) is 18.7 Å². The zero-order chi connectivity index (χ0) is 19.7. The Morgan fingerprint density at radius 2 is 1.89 bits per heavy atom. The Morgan fingerprint density at radius 1 is 1.14 bits per heavy atom. The summed E-state index contributed by atoms with van der Waals surface area (Å²) in [5.41, 5.74) is 4.22. The van der Waals surface area contributed by atoms with Gasteiger partial charge < -0.3 is 5.32 Å². The lowest BCUT2D eigenvalue weighted by atomic mass is 10.1. The average molecular weight is 397 g/mol. The van der Waals surface area contributed by atoms with Crippen molar-refractivity contribution in [2.75, 3.05) is 5.32 Å². The van der Waals surface area contributed by atoms with Gasteiger partial charge in [-0.2, -0.15) is 9.78 Å². The largest absolute Gasteiger partial charge is 0.378 e. The highest BCUT2D eigenvalue weighted by atomic mass is 35.5. The van der Waals surface area contributed by atoms with Crippen molar-refractivity contribution in [3.8, 4) is 5.69 Å². The minimum atomic E-state index is -0.501. The van der Waals surface area contributed by atoms with E-state index in [4.69, 9.17) is 11.6 Å². The van der Waals surface area contributed by atoms with Gasteiger partial charge in [0.05, 0.1) is 22.5 Å². The molecule has 0 bridgehead atoms. The number of hydrogen-bond acceptors (Lipinski definition) is 5. The van der Waals surface area contributed by atoms with Crippen LogP contribution in [-0.4, -0.2) is 14.7 Å². The monoisotopic (exact) mass is 396 g/mol. The minimum Gasteiger partial charge on any atom is -0.378 e. The Balaban J connectivity index is 1.54. The first-order valence-corrected chi connectivity index (χ1v) is 9.28. The predicted molar refractivity (Wildman–Crippen MR) is 107 cm³/mol. The van der Waals surface area contributed by atoms with E-state index >= 15 is 0 Å². The summed E-state index contributed by atoms with van der Waals surface area (Å²) < 4.78 is 1.12. The molecule has 1 aliphatic rings. The van der Waals surface area contributed by atoms with E-state index in [1.165, 1.54) is 48.0 Å². The van der Waals surface area contributed by atoms with Crippen LogP contribution in [0.4, 0.5) is 11.4 Å². The van der Waals surface area contributed by atoms with Crippen LogP contribution in [0, 0.1) is 10.1 Å². The third-order valence-corrected chi connectivity index (χ3v) is 5.24. The van der Waals surface area contributed by atoms with E-state index in [0.29, 0.717) is 17.9 Å². The summed E-state index contributed by atoms with van der Waals surface area (Å²) in [5, 5.41) is 18.1. The number of benzene rings is 2. The lowest BCUT2D eigenvalue weighted by molar-refractivity contribution is -0.384. The standard InChI is InChI=1S/C20H17ClN4O3/c21-19-18(22-11-13-4-5-14-2-1-3-15(14)10-13)12-23-24(20(19)26)16-6-8-17(9-7-16)25(27)28/h4-10,12,22H,1-3,11H2. The number of nitro groups is 1. The van der Waals surface area contributed by atoms with Crippen LogP contribution in [-0.2, 0) is 19.4 Å². The summed E-state index contributed by atoms with van der Waals surface area (Å²) >= 11 is 6.25. The number of nitrogens with zero attached hydrogens (tertiary/aromatic N) is 3. The van der Waals surface area contributed by atoms with Gasteiger partial charge in [-0.05, 0) is 48.1 Å². The van der Waals surface area contributed by atoms with Crippen LogP contribution in [0.25, 0.3) is 5.69 Å². The maximum Gasteiger partial charge on any atom is 0.292 e. The number of aromatic nitrogens is 2. The van der Waals surface area contributed by atoms with Crippen molar-refractivity contribution in [3.05, 3.63) is 90.8 Å². The zero-order valence-corrected chi connectivity index (χ0v) is 15.6. The summed E-state index contributed by atoms with van der Waals surface area (Å²) in [6, 6.07) is 12.0. The molecule has 1 aliphatic carbocycles. The first kappa shape index (κ1) is 18.2. The van der Waals surface area contributed by atoms with Crippen LogP contribution in [0.1, 0.15) is 23.1 Å². The van der Waals surface area contributed by atoms with Crippen molar-refractivity contribution in [3.63, 3.8) is 0 Å². The fourth-order valence-corrected chi connectivity index (χ4v) is 3.58. The van der Waals surface area contributed by atoms with Gasteiger partial charge in [-0.3, -0.25) is 14.9 Å². The van der Waals surface area contributed by atoms with Gasteiger partial charge in [0.15, 0.2) is 0 Å². The van der Waals surface area contributed by atoms with Crippen molar-refractivity contribution in [1.82, 2.24) is 9.78 Å². The second-order valence-corrected chi connectivity index (χ2v) is 7.05. The molecule has 0 aliphatic heterocycles. The second kappa shape index (κ2) is 7.44. The maximum atomic E-state index is 12.6. The minimum absolute atomic E-state index is 0.0227. The topological polar surface area (TPSA) is 90.1 Å². The molecule has 0 spiro atoms. The molecule has 3 aromatic rings. The van der Waals surface area contributed by atoms with E-state index in [-0.39, 0.29) is 10.7 Å². The van der Waals surface area contributed by atoms with Crippen LogP contribution in [0.2, 0.25) is 5.02 Å². The smallest absolute Gasteiger partial charge is 0.292 e. The van der Waals surface area contributed by atoms with Crippen LogP contribution < -0.4 is 10.9 Å². The van der Waals surface area contributed by atoms with Crippen LogP contribution in [0.15, 0.2) is 53.5 Å². The van der Waals surface area contributed by atoms with Gasteiger partial charge >= 0.3 is 0 Å². The molecule has 1 heterocycles. The highest BCUT2D eigenvalue weighted by Crippen LogP contribution is 2.24. The molecule has 0 fully saturated rings. The third kappa shape index (κ3) is 3.48. The highest BCUT2D eigenvalue weighted by molar-refractivity contribution is 6.32. The molecule has 0 unspecified atom stereocenters. The van der Waals surface area contributed by atoms with E-state index in [2.05, 4.69) is 28.6 Å². The first-order valence-electron chi connectivity index (χ1n) is 8.90. The first-order chi connectivity index (χ1) is 13.5. The van der Waals surface area contributed by atoms with Crippen LogP contribution in [0.5, 0.6) is 0 Å². The van der Waals surface area contributed by atoms with E-state index < -0.39 is 10.5 Å². The predicted octanol–water partition coefficient (Wildman–Crippen LogP) is 3.89. The van der Waals surface area contributed by atoms with Gasteiger partial charge in [0.25, 0.3) is 11.2 Å². The molecule has 8 heteroatoms. The van der Waals surface area contributed by atoms with Crippen molar-refractivity contribution >= 4 is 23.0 Å². The van der Waals surface area contributed by atoms with Crippen LogP contribution in [0.3, 0.4) is 0 Å². The molecule has 28 heavy (non-hydrogen) atoms. The van der Waals surface area contributed by atoms with Crippen molar-refractivity contribution in [1.29, 1.82) is 0 Å². The molecule has 0 radical (unpaired) electrons. The van der Waals surface area contributed by atoms with Gasteiger partial charge in [-0.1, -0.05) is 29.8 Å². The molecule has 0 saturated carbocycles. The Morgan fingerprint density at radius 3 is 2.64 bits per heavy atom. The molecule has 1 aromatic heterocycles. The van der Waals surface area contributed by atoms with Crippen molar-refractivity contribution in [2.45, 2.75) is 25.8 Å². The lowest BCUT2D eigenvalue weighted by Crippen LogP contribution is -2.22. The Hall–Kier alpha value is -3.19. The summed E-state index contributed by atoms with van der Waals surface area (Å²) in [6.45, 7) is 0.537. The highest BCUT2D eigenvalue weighted by Gasteiger charge is 2.13. The number of non-ortho nitro benzene ring substituents is 1. The molecule has 2 aromatic carbocycles. The van der Waals surface area contributed by atoms with Gasteiger partial charge in [-0.25, -0.2) is 0 Å². The summed E-state index contributed by atoms with van der Waals surface area (Å²) in [5.74, 6) is 0. The Kier molecular flexibility index (Phi) is 4.83. The van der Waals surface area contributed by atoms with Crippen molar-refractivity contribution < 1.29 is 4.92 Å². The SMILES string of the molecule is O=c1c(Cl)c(NCc2ccc3c(c2)CCC3)cnn1-c1ccc([N+](=O)[O-])cc1. The number of anilines is 1. The molecule has 1 N–H and O–H groups in total. The number of nitrogens with one attached hydrogen (secondary N) is 1. The normalized spacial score (nSPS) is 12.6. The molecule has 142 valence electrons. The van der Waals surface area contributed by atoms with Gasteiger partial charge in [0.1, 0.15) is 5.02 Å². The van der Waals surface area contributed by atoms with E-state index in [9.17, 15) is 14.9 Å². The zero-order valence-electron chi connectivity index (χ0n) is 14.9. The Bertz CT molecular complexity index is 1110. The van der Waals surface area contributed by atoms with E-state index in [1.54, 1.807) is 0 Å². The summed E-state index contributed by atoms with van der Waals surface area (Å²) in [4.78, 5) is 22.8. The quantitative estimate of drug-likeness (QED) is 0.521. The summed E-state index contributed by atoms with van der Waals surface area (Å²) in [6.07, 6.45) is 4.93. The number of halogens is 1.